The van der Waals surface area contributed by atoms with Crippen molar-refractivity contribution in [3.8, 4) is 5.75 Å². The second-order valence-electron chi connectivity index (χ2n) is 4.34. The van der Waals surface area contributed by atoms with E-state index in [-0.39, 0.29) is 5.97 Å². The molecule has 19 heavy (non-hydrogen) atoms. The van der Waals surface area contributed by atoms with Crippen LogP contribution in [0.15, 0.2) is 36.0 Å². The van der Waals surface area contributed by atoms with E-state index in [9.17, 15) is 4.79 Å². The number of hydrogen-bond acceptors (Lipinski definition) is 4. The van der Waals surface area contributed by atoms with E-state index >= 15 is 0 Å². The molecule has 0 atom stereocenters. The Morgan fingerprint density at radius 3 is 2.74 bits per heavy atom. The van der Waals surface area contributed by atoms with Gasteiger partial charge in [0.25, 0.3) is 0 Å². The molecule has 0 spiro atoms. The summed E-state index contributed by atoms with van der Waals surface area (Å²) in [5, 5.41) is 0. The molecule has 0 unspecified atom stereocenters. The molecule has 0 aromatic heterocycles. The SMILES string of the molecule is CCOC(=O)/C=C1\CCCN1c1ccc(OC)cc1. The first-order valence-electron chi connectivity index (χ1n) is 6.53. The van der Waals surface area contributed by atoms with Gasteiger partial charge in [0.1, 0.15) is 5.75 Å². The molecule has 102 valence electrons. The van der Waals surface area contributed by atoms with Crippen LogP contribution in [-0.4, -0.2) is 26.2 Å². The van der Waals surface area contributed by atoms with Crippen LogP contribution in [0.1, 0.15) is 19.8 Å². The highest BCUT2D eigenvalue weighted by Crippen LogP contribution is 2.29. The summed E-state index contributed by atoms with van der Waals surface area (Å²) in [7, 11) is 1.65. The van der Waals surface area contributed by atoms with E-state index in [1.807, 2.05) is 31.2 Å². The lowest BCUT2D eigenvalue weighted by atomic mass is 10.2. The van der Waals surface area contributed by atoms with Crippen LogP contribution < -0.4 is 9.64 Å². The third-order valence-corrected chi connectivity index (χ3v) is 3.12. The fourth-order valence-corrected chi connectivity index (χ4v) is 2.22. The lowest BCUT2D eigenvalue weighted by molar-refractivity contribution is -0.137. The summed E-state index contributed by atoms with van der Waals surface area (Å²) in [6.07, 6.45) is 3.56. The number of anilines is 1. The molecule has 0 aliphatic carbocycles. The van der Waals surface area contributed by atoms with Crippen molar-refractivity contribution in [3.05, 3.63) is 36.0 Å². The van der Waals surface area contributed by atoms with Crippen LogP contribution in [0, 0.1) is 0 Å². The summed E-state index contributed by atoms with van der Waals surface area (Å²) < 4.78 is 10.1. The molecule has 0 amide bonds. The highest BCUT2D eigenvalue weighted by atomic mass is 16.5. The van der Waals surface area contributed by atoms with Gasteiger partial charge in [-0.3, -0.25) is 0 Å². The lowest BCUT2D eigenvalue weighted by Gasteiger charge is -2.20. The number of benzene rings is 1. The fraction of sp³-hybridized carbons (Fsp3) is 0.400. The number of carbonyl (C=O) groups excluding carboxylic acids is 1. The van der Waals surface area contributed by atoms with Crippen molar-refractivity contribution < 1.29 is 14.3 Å². The highest BCUT2D eigenvalue weighted by Gasteiger charge is 2.19. The van der Waals surface area contributed by atoms with Crippen molar-refractivity contribution in [3.63, 3.8) is 0 Å². The Bertz CT molecular complexity index is 465. The van der Waals surface area contributed by atoms with Gasteiger partial charge >= 0.3 is 5.97 Å². The van der Waals surface area contributed by atoms with Crippen LogP contribution in [0.2, 0.25) is 0 Å². The minimum absolute atomic E-state index is 0.266. The van der Waals surface area contributed by atoms with E-state index in [4.69, 9.17) is 9.47 Å². The van der Waals surface area contributed by atoms with Crippen molar-refractivity contribution in [2.45, 2.75) is 19.8 Å². The molecular weight excluding hydrogens is 242 g/mol. The summed E-state index contributed by atoms with van der Waals surface area (Å²) in [4.78, 5) is 13.7. The fourth-order valence-electron chi connectivity index (χ4n) is 2.22. The lowest BCUT2D eigenvalue weighted by Crippen LogP contribution is -2.17. The monoisotopic (exact) mass is 261 g/mol. The average molecular weight is 261 g/mol. The Balaban J connectivity index is 2.15. The highest BCUT2D eigenvalue weighted by molar-refractivity contribution is 5.84. The maximum atomic E-state index is 11.5. The van der Waals surface area contributed by atoms with Gasteiger partial charge in [-0.1, -0.05) is 0 Å². The van der Waals surface area contributed by atoms with Crippen LogP contribution in [0.25, 0.3) is 0 Å². The van der Waals surface area contributed by atoms with Crippen molar-refractivity contribution in [2.24, 2.45) is 0 Å². The summed E-state index contributed by atoms with van der Waals surface area (Å²) in [6, 6.07) is 7.86. The maximum Gasteiger partial charge on any atom is 0.332 e. The zero-order valence-electron chi connectivity index (χ0n) is 11.4. The summed E-state index contributed by atoms with van der Waals surface area (Å²) in [6.45, 7) is 3.15. The van der Waals surface area contributed by atoms with Gasteiger partial charge in [0.15, 0.2) is 0 Å². The van der Waals surface area contributed by atoms with Gasteiger partial charge in [-0.15, -0.1) is 0 Å². The summed E-state index contributed by atoms with van der Waals surface area (Å²) in [5.74, 6) is 0.566. The first-order valence-corrected chi connectivity index (χ1v) is 6.53. The molecule has 2 rings (SSSR count). The predicted molar refractivity (Wildman–Crippen MR) is 74.3 cm³/mol. The van der Waals surface area contributed by atoms with Gasteiger partial charge < -0.3 is 14.4 Å². The average Bonchev–Trinajstić information content (AvgIpc) is 2.87. The molecule has 1 fully saturated rings. The number of nitrogens with zero attached hydrogens (tertiary/aromatic N) is 1. The standard InChI is InChI=1S/C15H19NO3/c1-3-19-15(17)11-13-5-4-10-16(13)12-6-8-14(18-2)9-7-12/h6-9,11H,3-5,10H2,1-2H3/b13-11+. The van der Waals surface area contributed by atoms with Gasteiger partial charge in [0.05, 0.1) is 13.7 Å². The number of methoxy groups -OCH3 is 1. The van der Waals surface area contributed by atoms with E-state index in [2.05, 4.69) is 4.90 Å². The smallest absolute Gasteiger partial charge is 0.332 e. The number of carbonyl (C=O) groups is 1. The molecule has 4 nitrogen and oxygen atoms in total. The van der Waals surface area contributed by atoms with E-state index in [0.717, 1.165) is 36.5 Å². The number of rotatable bonds is 4. The molecule has 0 bridgehead atoms. The number of hydrogen-bond donors (Lipinski definition) is 0. The topological polar surface area (TPSA) is 38.8 Å². The molecule has 1 aliphatic heterocycles. The molecular formula is C15H19NO3. The zero-order chi connectivity index (χ0) is 13.7. The first-order chi connectivity index (χ1) is 9.24. The number of allylic oxidation sites excluding steroid dienone is 1. The minimum Gasteiger partial charge on any atom is -0.497 e. The van der Waals surface area contributed by atoms with Gasteiger partial charge in [-0.2, -0.15) is 0 Å². The second kappa shape index (κ2) is 6.27. The molecule has 1 saturated heterocycles. The molecule has 1 aromatic rings. The Morgan fingerprint density at radius 2 is 2.11 bits per heavy atom. The Kier molecular flexibility index (Phi) is 4.44. The molecule has 1 aliphatic rings. The molecule has 1 heterocycles. The van der Waals surface area contributed by atoms with Gasteiger partial charge in [0.2, 0.25) is 0 Å². The van der Waals surface area contributed by atoms with Crippen molar-refractivity contribution in [1.29, 1.82) is 0 Å². The van der Waals surface area contributed by atoms with E-state index in [1.54, 1.807) is 13.2 Å². The van der Waals surface area contributed by atoms with E-state index in [1.165, 1.54) is 0 Å². The van der Waals surface area contributed by atoms with Crippen LogP contribution in [-0.2, 0) is 9.53 Å². The van der Waals surface area contributed by atoms with Crippen molar-refractivity contribution in [2.75, 3.05) is 25.2 Å². The van der Waals surface area contributed by atoms with Crippen molar-refractivity contribution >= 4 is 11.7 Å². The maximum absolute atomic E-state index is 11.5. The van der Waals surface area contributed by atoms with Gasteiger partial charge in [-0.25, -0.2) is 4.79 Å². The van der Waals surface area contributed by atoms with E-state index in [0.29, 0.717) is 6.61 Å². The Morgan fingerprint density at radius 1 is 1.37 bits per heavy atom. The quantitative estimate of drug-likeness (QED) is 0.617. The third-order valence-electron chi connectivity index (χ3n) is 3.12. The zero-order valence-corrected chi connectivity index (χ0v) is 11.4. The van der Waals surface area contributed by atoms with Crippen LogP contribution >= 0.6 is 0 Å². The molecule has 4 heteroatoms. The second-order valence-corrected chi connectivity index (χ2v) is 4.34. The van der Waals surface area contributed by atoms with Crippen molar-refractivity contribution in [1.82, 2.24) is 0 Å². The Hall–Kier alpha value is -1.97. The number of ether oxygens (including phenoxy) is 2. The molecule has 0 N–H and O–H groups in total. The van der Waals surface area contributed by atoms with Crippen LogP contribution in [0.5, 0.6) is 5.75 Å². The Labute approximate surface area is 113 Å². The summed E-state index contributed by atoms with van der Waals surface area (Å²) >= 11 is 0. The predicted octanol–water partition coefficient (Wildman–Crippen LogP) is 2.74. The van der Waals surface area contributed by atoms with E-state index < -0.39 is 0 Å². The molecule has 0 saturated carbocycles. The largest absolute Gasteiger partial charge is 0.497 e. The van der Waals surface area contributed by atoms with Crippen LogP contribution in [0.3, 0.4) is 0 Å². The first kappa shape index (κ1) is 13.5. The minimum atomic E-state index is -0.266. The normalized spacial score (nSPS) is 16.7. The van der Waals surface area contributed by atoms with Crippen LogP contribution in [0.4, 0.5) is 5.69 Å². The number of esters is 1. The molecule has 1 aromatic carbocycles. The van der Waals surface area contributed by atoms with Gasteiger partial charge in [0, 0.05) is 24.0 Å². The summed E-state index contributed by atoms with van der Waals surface area (Å²) in [5.41, 5.74) is 2.09. The molecule has 0 radical (unpaired) electrons. The van der Waals surface area contributed by atoms with Gasteiger partial charge in [-0.05, 0) is 44.0 Å². The third kappa shape index (κ3) is 3.28.